The van der Waals surface area contributed by atoms with Gasteiger partial charge in [0.05, 0.1) is 3.79 Å². The van der Waals surface area contributed by atoms with Gasteiger partial charge in [-0.25, -0.2) is 0 Å². The predicted molar refractivity (Wildman–Crippen MR) is 75.9 cm³/mol. The summed E-state index contributed by atoms with van der Waals surface area (Å²) >= 11 is 5.29. The molecule has 0 aliphatic heterocycles. The van der Waals surface area contributed by atoms with Crippen LogP contribution in [0.3, 0.4) is 0 Å². The molecule has 2 N–H and O–H groups in total. The molecule has 0 aliphatic carbocycles. The normalized spacial score (nSPS) is 12.4. The lowest BCUT2D eigenvalue weighted by atomic mass is 10.0. The van der Waals surface area contributed by atoms with E-state index in [2.05, 4.69) is 53.9 Å². The van der Waals surface area contributed by atoms with E-state index in [0.717, 1.165) is 25.9 Å². The van der Waals surface area contributed by atoms with Crippen molar-refractivity contribution in [2.45, 2.75) is 38.8 Å². The number of hydrogen-bond donors (Lipinski definition) is 1. The fourth-order valence-corrected chi connectivity index (χ4v) is 3.15. The van der Waals surface area contributed by atoms with Crippen LogP contribution in [0.25, 0.3) is 0 Å². The van der Waals surface area contributed by atoms with Crippen molar-refractivity contribution in [2.75, 3.05) is 13.6 Å². The summed E-state index contributed by atoms with van der Waals surface area (Å²) in [4.78, 5) is 3.76. The molecule has 0 aromatic carbocycles. The fourth-order valence-electron chi connectivity index (χ4n) is 1.59. The minimum absolute atomic E-state index is 0.0349. The molecule has 0 saturated heterocycles. The lowest BCUT2D eigenvalue weighted by Gasteiger charge is -2.21. The van der Waals surface area contributed by atoms with E-state index in [9.17, 15) is 0 Å². The van der Waals surface area contributed by atoms with Gasteiger partial charge in [-0.15, -0.1) is 11.3 Å². The molecule has 92 valence electrons. The zero-order chi connectivity index (χ0) is 12.2. The molecule has 0 amide bonds. The van der Waals surface area contributed by atoms with Crippen LogP contribution in [0.15, 0.2) is 15.9 Å². The standard InChI is InChI=1S/C12H21BrN2S/c1-12(2,14)7-4-8-15(3)9-10-5-6-11(13)16-10/h5-6H,4,7-9,14H2,1-3H3. The van der Waals surface area contributed by atoms with Crippen LogP contribution in [0.1, 0.15) is 31.6 Å². The zero-order valence-electron chi connectivity index (χ0n) is 10.3. The first-order valence-corrected chi connectivity index (χ1v) is 7.19. The SMILES string of the molecule is CN(CCCC(C)(C)N)Cc1ccc(Br)s1. The molecule has 0 aliphatic rings. The molecule has 0 atom stereocenters. The van der Waals surface area contributed by atoms with E-state index in [1.165, 1.54) is 8.66 Å². The average Bonchev–Trinajstić information content (AvgIpc) is 2.48. The molecule has 1 heterocycles. The third-order valence-corrected chi connectivity index (χ3v) is 4.02. The van der Waals surface area contributed by atoms with Gasteiger partial charge >= 0.3 is 0 Å². The van der Waals surface area contributed by atoms with E-state index >= 15 is 0 Å². The summed E-state index contributed by atoms with van der Waals surface area (Å²) in [5.74, 6) is 0. The van der Waals surface area contributed by atoms with E-state index in [1.807, 2.05) is 0 Å². The van der Waals surface area contributed by atoms with Crippen LogP contribution in [0.2, 0.25) is 0 Å². The van der Waals surface area contributed by atoms with Crippen molar-refractivity contribution in [1.82, 2.24) is 4.90 Å². The van der Waals surface area contributed by atoms with Gasteiger partial charge in [0.2, 0.25) is 0 Å². The van der Waals surface area contributed by atoms with E-state index in [4.69, 9.17) is 5.73 Å². The first-order chi connectivity index (χ1) is 7.37. The van der Waals surface area contributed by atoms with Gasteiger partial charge in [0.15, 0.2) is 0 Å². The van der Waals surface area contributed by atoms with Crippen molar-refractivity contribution in [1.29, 1.82) is 0 Å². The molecule has 16 heavy (non-hydrogen) atoms. The Morgan fingerprint density at radius 1 is 1.44 bits per heavy atom. The smallest absolute Gasteiger partial charge is 0.0701 e. The topological polar surface area (TPSA) is 29.3 Å². The Bertz CT molecular complexity index is 317. The minimum atomic E-state index is -0.0349. The summed E-state index contributed by atoms with van der Waals surface area (Å²) in [6, 6.07) is 4.29. The molecule has 0 radical (unpaired) electrons. The molecule has 1 rings (SSSR count). The first kappa shape index (κ1) is 14.2. The third kappa shape index (κ3) is 5.99. The molecule has 0 unspecified atom stereocenters. The largest absolute Gasteiger partial charge is 0.326 e. The molecule has 1 aromatic heterocycles. The van der Waals surface area contributed by atoms with Gasteiger partial charge in [-0.3, -0.25) is 0 Å². The second kappa shape index (κ2) is 6.15. The van der Waals surface area contributed by atoms with Gasteiger partial charge in [-0.2, -0.15) is 0 Å². The summed E-state index contributed by atoms with van der Waals surface area (Å²) in [6.45, 7) is 6.31. The van der Waals surface area contributed by atoms with Gasteiger partial charge in [0.1, 0.15) is 0 Å². The Labute approximate surface area is 111 Å². The Morgan fingerprint density at radius 3 is 2.62 bits per heavy atom. The maximum atomic E-state index is 5.95. The van der Waals surface area contributed by atoms with Crippen molar-refractivity contribution < 1.29 is 0 Å². The Kier molecular flexibility index (Phi) is 5.44. The second-order valence-electron chi connectivity index (χ2n) is 5.04. The number of nitrogens with zero attached hydrogens (tertiary/aromatic N) is 1. The van der Waals surface area contributed by atoms with Gasteiger partial charge in [0, 0.05) is 17.0 Å². The number of thiophene rings is 1. The summed E-state index contributed by atoms with van der Waals surface area (Å²) < 4.78 is 1.21. The first-order valence-electron chi connectivity index (χ1n) is 5.58. The lowest BCUT2D eigenvalue weighted by molar-refractivity contribution is 0.305. The van der Waals surface area contributed by atoms with Crippen LogP contribution in [0.5, 0.6) is 0 Å². The van der Waals surface area contributed by atoms with Crippen LogP contribution in [-0.4, -0.2) is 24.0 Å². The highest BCUT2D eigenvalue weighted by Crippen LogP contribution is 2.23. The van der Waals surface area contributed by atoms with Crippen molar-refractivity contribution in [3.05, 3.63) is 20.8 Å². The zero-order valence-corrected chi connectivity index (χ0v) is 12.7. The highest BCUT2D eigenvalue weighted by Gasteiger charge is 2.10. The van der Waals surface area contributed by atoms with Crippen molar-refractivity contribution in [3.63, 3.8) is 0 Å². The predicted octanol–water partition coefficient (Wildman–Crippen LogP) is 3.46. The summed E-state index contributed by atoms with van der Waals surface area (Å²) in [7, 11) is 2.16. The van der Waals surface area contributed by atoms with Crippen LogP contribution in [0.4, 0.5) is 0 Å². The molecular formula is C12H21BrN2S. The van der Waals surface area contributed by atoms with E-state index in [0.29, 0.717) is 0 Å². The van der Waals surface area contributed by atoms with Gasteiger partial charge in [-0.1, -0.05) is 0 Å². The Balaban J connectivity index is 2.23. The maximum absolute atomic E-state index is 5.95. The molecule has 0 fully saturated rings. The number of halogens is 1. The van der Waals surface area contributed by atoms with E-state index in [1.54, 1.807) is 11.3 Å². The highest BCUT2D eigenvalue weighted by atomic mass is 79.9. The Hall–Kier alpha value is 0.1000. The quantitative estimate of drug-likeness (QED) is 0.872. The van der Waals surface area contributed by atoms with E-state index < -0.39 is 0 Å². The average molecular weight is 305 g/mol. The number of rotatable bonds is 6. The van der Waals surface area contributed by atoms with Crippen molar-refractivity contribution >= 4 is 27.3 Å². The van der Waals surface area contributed by atoms with Gasteiger partial charge in [0.25, 0.3) is 0 Å². The fraction of sp³-hybridized carbons (Fsp3) is 0.667. The van der Waals surface area contributed by atoms with Crippen LogP contribution in [-0.2, 0) is 6.54 Å². The molecule has 4 heteroatoms. The summed E-state index contributed by atoms with van der Waals surface area (Å²) in [5, 5.41) is 0. The molecule has 0 saturated carbocycles. The second-order valence-corrected chi connectivity index (χ2v) is 7.58. The van der Waals surface area contributed by atoms with Crippen LogP contribution in [0, 0.1) is 0 Å². The number of nitrogens with two attached hydrogens (primary N) is 1. The minimum Gasteiger partial charge on any atom is -0.326 e. The highest BCUT2D eigenvalue weighted by molar-refractivity contribution is 9.11. The molecule has 1 aromatic rings. The summed E-state index contributed by atoms with van der Waals surface area (Å²) in [6.07, 6.45) is 2.23. The van der Waals surface area contributed by atoms with Crippen LogP contribution < -0.4 is 5.73 Å². The molecule has 0 bridgehead atoms. The van der Waals surface area contributed by atoms with Crippen molar-refractivity contribution in [3.8, 4) is 0 Å². The molecule has 2 nitrogen and oxygen atoms in total. The maximum Gasteiger partial charge on any atom is 0.0701 e. The van der Waals surface area contributed by atoms with Crippen LogP contribution >= 0.6 is 27.3 Å². The lowest BCUT2D eigenvalue weighted by Crippen LogP contribution is -2.33. The number of hydrogen-bond acceptors (Lipinski definition) is 3. The molecular weight excluding hydrogens is 284 g/mol. The monoisotopic (exact) mass is 304 g/mol. The Morgan fingerprint density at radius 2 is 2.12 bits per heavy atom. The van der Waals surface area contributed by atoms with Gasteiger partial charge < -0.3 is 10.6 Å². The van der Waals surface area contributed by atoms with E-state index in [-0.39, 0.29) is 5.54 Å². The van der Waals surface area contributed by atoms with Gasteiger partial charge in [-0.05, 0) is 68.3 Å². The summed E-state index contributed by atoms with van der Waals surface area (Å²) in [5.41, 5.74) is 5.92. The molecule has 0 spiro atoms. The van der Waals surface area contributed by atoms with Crippen molar-refractivity contribution in [2.24, 2.45) is 5.73 Å². The third-order valence-electron chi connectivity index (χ3n) is 2.42.